The van der Waals surface area contributed by atoms with Gasteiger partial charge in [-0.25, -0.2) is 0 Å². The van der Waals surface area contributed by atoms with Crippen LogP contribution in [0.2, 0.25) is 0 Å². The van der Waals surface area contributed by atoms with Gasteiger partial charge in [-0.1, -0.05) is 0 Å². The maximum atomic E-state index is 10.9. The lowest BCUT2D eigenvalue weighted by molar-refractivity contribution is -0.136. The van der Waals surface area contributed by atoms with Crippen molar-refractivity contribution in [1.82, 2.24) is 4.57 Å². The average Bonchev–Trinajstić information content (AvgIpc) is 2.61. The molecule has 1 aromatic heterocycles. The second-order valence-electron chi connectivity index (χ2n) is 3.99. The van der Waals surface area contributed by atoms with Gasteiger partial charge in [-0.3, -0.25) is 4.79 Å². The molecule has 0 radical (unpaired) electrons. The quantitative estimate of drug-likeness (QED) is 0.863. The molecule has 1 heterocycles. The first-order valence-electron chi connectivity index (χ1n) is 5.49. The summed E-state index contributed by atoms with van der Waals surface area (Å²) in [5.41, 5.74) is 1.86. The van der Waals surface area contributed by atoms with Crippen LogP contribution in [0, 0.1) is 0 Å². The van der Waals surface area contributed by atoms with Crippen molar-refractivity contribution in [3.05, 3.63) is 23.9 Å². The number of hydrogen-bond donors (Lipinski definition) is 1. The maximum absolute atomic E-state index is 10.9. The Kier molecular flexibility index (Phi) is 3.52. The van der Waals surface area contributed by atoms with Crippen molar-refractivity contribution < 1.29 is 14.6 Å². The molecule has 0 unspecified atom stereocenters. The van der Waals surface area contributed by atoms with E-state index in [-0.39, 0.29) is 6.42 Å². The fraction of sp³-hybridized carbons (Fsp3) is 0.308. The van der Waals surface area contributed by atoms with Gasteiger partial charge in [-0.2, -0.15) is 0 Å². The van der Waals surface area contributed by atoms with Crippen LogP contribution in [0.5, 0.6) is 5.75 Å². The van der Waals surface area contributed by atoms with Gasteiger partial charge in [0.25, 0.3) is 0 Å². The number of thioether (sulfide) groups is 1. The molecule has 5 heteroatoms. The summed E-state index contributed by atoms with van der Waals surface area (Å²) in [4.78, 5) is 11.9. The summed E-state index contributed by atoms with van der Waals surface area (Å²) in [6, 6.07) is 5.79. The average molecular weight is 265 g/mol. The van der Waals surface area contributed by atoms with E-state index in [0.29, 0.717) is 0 Å². The zero-order valence-electron chi connectivity index (χ0n) is 10.6. The monoisotopic (exact) mass is 265 g/mol. The number of hydrogen-bond acceptors (Lipinski definition) is 3. The predicted molar refractivity (Wildman–Crippen MR) is 72.6 cm³/mol. The molecule has 0 bridgehead atoms. The number of carbonyl (C=O) groups is 1. The minimum atomic E-state index is -0.817. The molecule has 2 rings (SSSR count). The van der Waals surface area contributed by atoms with Gasteiger partial charge in [0.15, 0.2) is 0 Å². The second kappa shape index (κ2) is 4.94. The molecule has 18 heavy (non-hydrogen) atoms. The van der Waals surface area contributed by atoms with E-state index in [2.05, 4.69) is 0 Å². The Balaban J connectivity index is 2.70. The molecular weight excluding hydrogens is 250 g/mol. The lowest BCUT2D eigenvalue weighted by Gasteiger charge is -2.02. The normalized spacial score (nSPS) is 10.8. The lowest BCUT2D eigenvalue weighted by atomic mass is 10.2. The van der Waals surface area contributed by atoms with Crippen LogP contribution in [0.15, 0.2) is 23.1 Å². The number of ether oxygens (including phenoxy) is 1. The molecule has 0 aliphatic heterocycles. The van der Waals surface area contributed by atoms with Gasteiger partial charge < -0.3 is 14.4 Å². The first-order chi connectivity index (χ1) is 8.58. The Labute approximate surface area is 110 Å². The third kappa shape index (κ3) is 2.06. The van der Waals surface area contributed by atoms with Crippen LogP contribution in [0.1, 0.15) is 5.69 Å². The number of methoxy groups -OCH3 is 1. The van der Waals surface area contributed by atoms with Crippen LogP contribution < -0.4 is 4.74 Å². The van der Waals surface area contributed by atoms with Crippen LogP contribution >= 0.6 is 11.8 Å². The van der Waals surface area contributed by atoms with Crippen LogP contribution in [0.3, 0.4) is 0 Å². The molecule has 2 aromatic rings. The van der Waals surface area contributed by atoms with Gasteiger partial charge in [0.2, 0.25) is 0 Å². The summed E-state index contributed by atoms with van der Waals surface area (Å²) < 4.78 is 7.16. The highest BCUT2D eigenvalue weighted by Gasteiger charge is 2.17. The van der Waals surface area contributed by atoms with Crippen LogP contribution in [-0.4, -0.2) is 29.0 Å². The van der Waals surface area contributed by atoms with E-state index in [4.69, 9.17) is 9.84 Å². The first-order valence-corrected chi connectivity index (χ1v) is 6.72. The molecule has 0 aliphatic rings. The van der Waals surface area contributed by atoms with Crippen molar-refractivity contribution in [3.8, 4) is 5.75 Å². The zero-order chi connectivity index (χ0) is 13.3. The first kappa shape index (κ1) is 12.8. The second-order valence-corrected chi connectivity index (χ2v) is 4.81. The summed E-state index contributed by atoms with van der Waals surface area (Å²) in [7, 11) is 3.52. The summed E-state index contributed by atoms with van der Waals surface area (Å²) in [5.74, 6) is -0.0338. The minimum absolute atomic E-state index is 0.0314. The van der Waals surface area contributed by atoms with Crippen LogP contribution in [0.25, 0.3) is 10.9 Å². The van der Waals surface area contributed by atoms with E-state index in [0.717, 1.165) is 27.2 Å². The number of nitrogens with zero attached hydrogens (tertiary/aromatic N) is 1. The fourth-order valence-electron chi connectivity index (χ4n) is 2.14. The van der Waals surface area contributed by atoms with Gasteiger partial charge in [0, 0.05) is 28.5 Å². The number of aliphatic carboxylic acids is 1. The SMILES string of the molecule is COc1ccc2c(c1)c(SC)c(CC(=O)O)n2C. The highest BCUT2D eigenvalue weighted by atomic mass is 32.2. The van der Waals surface area contributed by atoms with Crippen molar-refractivity contribution >= 4 is 28.6 Å². The molecule has 1 aromatic carbocycles. The van der Waals surface area contributed by atoms with Gasteiger partial charge in [0.1, 0.15) is 5.75 Å². The molecule has 0 saturated carbocycles. The molecule has 0 aliphatic carbocycles. The summed E-state index contributed by atoms with van der Waals surface area (Å²) in [5, 5.41) is 10.0. The Hall–Kier alpha value is -1.62. The molecule has 96 valence electrons. The van der Waals surface area contributed by atoms with Crippen molar-refractivity contribution in [3.63, 3.8) is 0 Å². The number of aromatic nitrogens is 1. The summed E-state index contributed by atoms with van der Waals surface area (Å²) in [6.07, 6.45) is 1.99. The van der Waals surface area contributed by atoms with Gasteiger partial charge >= 0.3 is 5.97 Å². The summed E-state index contributed by atoms with van der Waals surface area (Å²) in [6.45, 7) is 0. The molecule has 0 spiro atoms. The molecule has 0 fully saturated rings. The minimum Gasteiger partial charge on any atom is -0.497 e. The predicted octanol–water partition coefficient (Wildman–Crippen LogP) is 2.54. The highest BCUT2D eigenvalue weighted by Crippen LogP contribution is 2.34. The Bertz CT molecular complexity index is 604. The van der Waals surface area contributed by atoms with E-state index in [1.54, 1.807) is 18.9 Å². The number of carboxylic acid groups (broad SMARTS) is 1. The summed E-state index contributed by atoms with van der Waals surface area (Å²) >= 11 is 1.57. The molecule has 4 nitrogen and oxygen atoms in total. The zero-order valence-corrected chi connectivity index (χ0v) is 11.4. The highest BCUT2D eigenvalue weighted by molar-refractivity contribution is 7.98. The van der Waals surface area contributed by atoms with Crippen molar-refractivity contribution in [2.45, 2.75) is 11.3 Å². The number of benzene rings is 1. The lowest BCUT2D eigenvalue weighted by Crippen LogP contribution is -2.05. The van der Waals surface area contributed by atoms with E-state index in [9.17, 15) is 4.79 Å². The van der Waals surface area contributed by atoms with E-state index in [1.807, 2.05) is 36.1 Å². The number of fused-ring (bicyclic) bond motifs is 1. The fourth-order valence-corrected chi connectivity index (χ4v) is 2.97. The largest absolute Gasteiger partial charge is 0.497 e. The molecular formula is C13H15NO3S. The van der Waals surface area contributed by atoms with Gasteiger partial charge in [-0.05, 0) is 24.5 Å². The van der Waals surface area contributed by atoms with Crippen molar-refractivity contribution in [2.75, 3.05) is 13.4 Å². The maximum Gasteiger partial charge on any atom is 0.309 e. The van der Waals surface area contributed by atoms with Crippen molar-refractivity contribution in [1.29, 1.82) is 0 Å². The van der Waals surface area contributed by atoms with Crippen molar-refractivity contribution in [2.24, 2.45) is 7.05 Å². The molecule has 0 amide bonds. The molecule has 0 atom stereocenters. The molecule has 1 N–H and O–H groups in total. The number of carboxylic acids is 1. The Morgan fingerprint density at radius 3 is 2.78 bits per heavy atom. The van der Waals surface area contributed by atoms with E-state index < -0.39 is 5.97 Å². The number of rotatable bonds is 4. The van der Waals surface area contributed by atoms with E-state index in [1.165, 1.54) is 0 Å². The van der Waals surface area contributed by atoms with Gasteiger partial charge in [0.05, 0.1) is 13.5 Å². The molecule has 0 saturated heterocycles. The van der Waals surface area contributed by atoms with Gasteiger partial charge in [-0.15, -0.1) is 11.8 Å². The third-order valence-electron chi connectivity index (χ3n) is 3.00. The topological polar surface area (TPSA) is 51.5 Å². The van der Waals surface area contributed by atoms with E-state index >= 15 is 0 Å². The Morgan fingerprint density at radius 2 is 2.22 bits per heavy atom. The van der Waals surface area contributed by atoms with Crippen LogP contribution in [0.4, 0.5) is 0 Å². The number of aryl methyl sites for hydroxylation is 1. The standard InChI is InChI=1S/C13H15NO3S/c1-14-10-5-4-8(17-2)6-9(10)13(18-3)11(14)7-12(15)16/h4-6H,7H2,1-3H3,(H,15,16). The smallest absolute Gasteiger partial charge is 0.309 e. The Morgan fingerprint density at radius 1 is 1.50 bits per heavy atom. The van der Waals surface area contributed by atoms with Crippen LogP contribution in [-0.2, 0) is 18.3 Å². The third-order valence-corrected chi connectivity index (χ3v) is 3.86.